The van der Waals surface area contributed by atoms with Gasteiger partial charge in [-0.25, -0.2) is 0 Å². The summed E-state index contributed by atoms with van der Waals surface area (Å²) in [5, 5.41) is 12.9. The Morgan fingerprint density at radius 2 is 1.88 bits per heavy atom. The third-order valence-electron chi connectivity index (χ3n) is 4.04. The van der Waals surface area contributed by atoms with E-state index in [4.69, 9.17) is 9.47 Å². The molecule has 0 spiro atoms. The summed E-state index contributed by atoms with van der Waals surface area (Å²) in [6.07, 6.45) is 4.17. The van der Waals surface area contributed by atoms with Crippen molar-refractivity contribution >= 4 is 22.2 Å². The van der Waals surface area contributed by atoms with E-state index >= 15 is 0 Å². The first-order valence-electron chi connectivity index (χ1n) is 8.41. The number of benzene rings is 1. The van der Waals surface area contributed by atoms with E-state index in [1.807, 2.05) is 6.92 Å². The Bertz CT molecular complexity index is 790. The van der Waals surface area contributed by atoms with Gasteiger partial charge in [0.2, 0.25) is 0 Å². The molecule has 1 aliphatic rings. The highest BCUT2D eigenvalue weighted by molar-refractivity contribution is 7.16. The highest BCUT2D eigenvalue weighted by Gasteiger charge is 2.21. The van der Waals surface area contributed by atoms with E-state index in [2.05, 4.69) is 11.4 Å². The topological polar surface area (TPSA) is 71.3 Å². The number of fused-ring (bicyclic) bond motifs is 1. The molecule has 0 saturated heterocycles. The van der Waals surface area contributed by atoms with Crippen LogP contribution < -0.4 is 14.8 Å². The summed E-state index contributed by atoms with van der Waals surface area (Å²) in [4.78, 5) is 13.4. The maximum atomic E-state index is 12.2. The molecule has 1 heterocycles. The predicted molar refractivity (Wildman–Crippen MR) is 97.4 cm³/mol. The number of hydrogen-bond acceptors (Lipinski definition) is 5. The molecule has 5 nitrogen and oxygen atoms in total. The largest absolute Gasteiger partial charge is 0.494 e. The minimum atomic E-state index is -0.260. The summed E-state index contributed by atoms with van der Waals surface area (Å²) in [5.41, 5.74) is 1.73. The molecule has 1 amide bonds. The van der Waals surface area contributed by atoms with Crippen LogP contribution in [0.15, 0.2) is 24.3 Å². The normalized spacial score (nSPS) is 12.8. The van der Waals surface area contributed by atoms with Gasteiger partial charge in [0.05, 0.1) is 12.2 Å². The molecular weight excluding hydrogens is 336 g/mol. The fraction of sp³-hybridized carbons (Fsp3) is 0.368. The molecule has 0 saturated carbocycles. The van der Waals surface area contributed by atoms with Gasteiger partial charge < -0.3 is 14.8 Å². The molecule has 6 heteroatoms. The Morgan fingerprint density at radius 3 is 2.56 bits per heavy atom. The average Bonchev–Trinajstić information content (AvgIpc) is 2.98. The summed E-state index contributed by atoms with van der Waals surface area (Å²) >= 11 is 1.52. The first-order valence-corrected chi connectivity index (χ1v) is 9.23. The quantitative estimate of drug-likeness (QED) is 0.852. The van der Waals surface area contributed by atoms with Crippen LogP contribution in [0.5, 0.6) is 11.5 Å². The zero-order valence-corrected chi connectivity index (χ0v) is 14.9. The second kappa shape index (κ2) is 8.04. The molecular formula is C19H20N2O3S. The molecule has 1 aromatic carbocycles. The Hall–Kier alpha value is -2.52. The molecule has 1 aromatic heterocycles. The second-order valence-corrected chi connectivity index (χ2v) is 6.87. The SMILES string of the molecule is CCOc1ccc(OCC(=O)Nc2sc3c(c2C#N)CCCC3)cc1. The van der Waals surface area contributed by atoms with Crippen LogP contribution in [0.2, 0.25) is 0 Å². The Kier molecular flexibility index (Phi) is 5.56. The minimum absolute atomic E-state index is 0.0958. The van der Waals surface area contributed by atoms with Crippen molar-refractivity contribution in [1.82, 2.24) is 0 Å². The summed E-state index contributed by atoms with van der Waals surface area (Å²) < 4.78 is 10.9. The molecule has 0 aliphatic heterocycles. The number of amides is 1. The zero-order valence-electron chi connectivity index (χ0n) is 14.1. The van der Waals surface area contributed by atoms with Crippen LogP contribution in [0.4, 0.5) is 5.00 Å². The van der Waals surface area contributed by atoms with Crippen LogP contribution in [0.1, 0.15) is 35.8 Å². The van der Waals surface area contributed by atoms with Crippen LogP contribution in [0.3, 0.4) is 0 Å². The monoisotopic (exact) mass is 356 g/mol. The molecule has 3 rings (SSSR count). The third kappa shape index (κ3) is 4.12. The number of nitrogens with one attached hydrogen (secondary N) is 1. The van der Waals surface area contributed by atoms with E-state index < -0.39 is 0 Å². The van der Waals surface area contributed by atoms with Crippen LogP contribution >= 0.6 is 11.3 Å². The molecule has 2 aromatic rings. The van der Waals surface area contributed by atoms with E-state index in [0.29, 0.717) is 22.9 Å². The van der Waals surface area contributed by atoms with Crippen molar-refractivity contribution in [3.63, 3.8) is 0 Å². The number of thiophene rings is 1. The van der Waals surface area contributed by atoms with Gasteiger partial charge in [-0.1, -0.05) is 0 Å². The summed E-state index contributed by atoms with van der Waals surface area (Å²) in [5.74, 6) is 1.11. The molecule has 1 N–H and O–H groups in total. The van der Waals surface area contributed by atoms with Gasteiger partial charge in [-0.05, 0) is 62.4 Å². The van der Waals surface area contributed by atoms with Gasteiger partial charge in [0.1, 0.15) is 22.6 Å². The standard InChI is InChI=1S/C19H20N2O3S/c1-2-23-13-7-9-14(10-8-13)24-12-18(22)21-19-16(11-20)15-5-3-4-6-17(15)25-19/h7-10H,2-6,12H2,1H3,(H,21,22). The van der Waals surface area contributed by atoms with E-state index in [1.165, 1.54) is 16.2 Å². The van der Waals surface area contributed by atoms with Gasteiger partial charge >= 0.3 is 0 Å². The van der Waals surface area contributed by atoms with Crippen molar-refractivity contribution in [1.29, 1.82) is 5.26 Å². The van der Waals surface area contributed by atoms with E-state index in [1.54, 1.807) is 24.3 Å². The number of ether oxygens (including phenoxy) is 2. The number of anilines is 1. The number of nitriles is 1. The first-order chi connectivity index (χ1) is 12.2. The van der Waals surface area contributed by atoms with E-state index in [-0.39, 0.29) is 12.5 Å². The summed E-state index contributed by atoms with van der Waals surface area (Å²) in [7, 11) is 0. The molecule has 0 bridgehead atoms. The third-order valence-corrected chi connectivity index (χ3v) is 5.25. The Labute approximate surface area is 151 Å². The van der Waals surface area contributed by atoms with Crippen molar-refractivity contribution in [2.75, 3.05) is 18.5 Å². The Balaban J connectivity index is 1.59. The van der Waals surface area contributed by atoms with Gasteiger partial charge in [0, 0.05) is 4.88 Å². The summed E-state index contributed by atoms with van der Waals surface area (Å²) in [6.45, 7) is 2.43. The van der Waals surface area contributed by atoms with Gasteiger partial charge in [-0.3, -0.25) is 4.79 Å². The van der Waals surface area contributed by atoms with Crippen LogP contribution in [0.25, 0.3) is 0 Å². The molecule has 130 valence electrons. The lowest BCUT2D eigenvalue weighted by Gasteiger charge is -2.09. The first kappa shape index (κ1) is 17.3. The molecule has 0 unspecified atom stereocenters. The van der Waals surface area contributed by atoms with E-state index in [0.717, 1.165) is 37.0 Å². The minimum Gasteiger partial charge on any atom is -0.494 e. The predicted octanol–water partition coefficient (Wildman–Crippen LogP) is 3.91. The van der Waals surface area contributed by atoms with Crippen molar-refractivity contribution in [2.45, 2.75) is 32.6 Å². The van der Waals surface area contributed by atoms with Crippen molar-refractivity contribution in [3.05, 3.63) is 40.3 Å². The van der Waals surface area contributed by atoms with Crippen LogP contribution in [-0.4, -0.2) is 19.1 Å². The average molecular weight is 356 g/mol. The van der Waals surface area contributed by atoms with Gasteiger partial charge in [-0.15, -0.1) is 11.3 Å². The number of rotatable bonds is 6. The molecule has 25 heavy (non-hydrogen) atoms. The molecule has 1 aliphatic carbocycles. The lowest BCUT2D eigenvalue weighted by atomic mass is 9.96. The van der Waals surface area contributed by atoms with Gasteiger partial charge in [0.25, 0.3) is 5.91 Å². The number of carbonyl (C=O) groups is 1. The Morgan fingerprint density at radius 1 is 1.20 bits per heavy atom. The van der Waals surface area contributed by atoms with Crippen molar-refractivity contribution in [2.24, 2.45) is 0 Å². The zero-order chi connectivity index (χ0) is 17.6. The van der Waals surface area contributed by atoms with Crippen LogP contribution in [0, 0.1) is 11.3 Å². The number of hydrogen-bond donors (Lipinski definition) is 1. The highest BCUT2D eigenvalue weighted by atomic mass is 32.1. The van der Waals surface area contributed by atoms with Crippen molar-refractivity contribution < 1.29 is 14.3 Å². The fourth-order valence-corrected chi connectivity index (χ4v) is 4.14. The number of nitrogens with zero attached hydrogens (tertiary/aromatic N) is 1. The molecule has 0 fully saturated rings. The lowest BCUT2D eigenvalue weighted by Crippen LogP contribution is -2.20. The maximum Gasteiger partial charge on any atom is 0.262 e. The summed E-state index contributed by atoms with van der Waals surface area (Å²) in [6, 6.07) is 9.38. The smallest absolute Gasteiger partial charge is 0.262 e. The van der Waals surface area contributed by atoms with Gasteiger partial charge in [0.15, 0.2) is 6.61 Å². The molecule has 0 radical (unpaired) electrons. The maximum absolute atomic E-state index is 12.2. The van der Waals surface area contributed by atoms with Crippen molar-refractivity contribution in [3.8, 4) is 17.6 Å². The molecule has 0 atom stereocenters. The van der Waals surface area contributed by atoms with Gasteiger partial charge in [-0.2, -0.15) is 5.26 Å². The van der Waals surface area contributed by atoms with Crippen LogP contribution in [-0.2, 0) is 17.6 Å². The number of aryl methyl sites for hydroxylation is 1. The van der Waals surface area contributed by atoms with E-state index in [9.17, 15) is 10.1 Å². The lowest BCUT2D eigenvalue weighted by molar-refractivity contribution is -0.118. The number of carbonyl (C=O) groups excluding carboxylic acids is 1. The fourth-order valence-electron chi connectivity index (χ4n) is 2.88. The highest BCUT2D eigenvalue weighted by Crippen LogP contribution is 2.37. The second-order valence-electron chi connectivity index (χ2n) is 5.77.